The molecule has 26 heavy (non-hydrogen) atoms. The van der Waals surface area contributed by atoms with Crippen LogP contribution < -0.4 is 21.5 Å². The van der Waals surface area contributed by atoms with Crippen LogP contribution in [0.3, 0.4) is 0 Å². The molecule has 0 aliphatic carbocycles. The van der Waals surface area contributed by atoms with E-state index in [0.717, 1.165) is 0 Å². The van der Waals surface area contributed by atoms with Crippen molar-refractivity contribution in [3.8, 4) is 11.5 Å². The van der Waals surface area contributed by atoms with E-state index < -0.39 is 29.2 Å². The molecule has 7 heteroatoms. The van der Waals surface area contributed by atoms with E-state index in [1.54, 1.807) is 24.3 Å². The number of para-hydroxylation sites is 2. The van der Waals surface area contributed by atoms with Crippen molar-refractivity contribution in [2.45, 2.75) is 6.42 Å². The molecule has 0 unspecified atom stereocenters. The van der Waals surface area contributed by atoms with Crippen LogP contribution in [0.5, 0.6) is 11.5 Å². The van der Waals surface area contributed by atoms with Gasteiger partial charge in [0.1, 0.15) is 11.2 Å². The van der Waals surface area contributed by atoms with Gasteiger partial charge in [0.25, 0.3) is 0 Å². The molecule has 4 rings (SSSR count). The van der Waals surface area contributed by atoms with Crippen LogP contribution in [-0.2, 0) is 23.5 Å². The molecule has 0 amide bonds. The Morgan fingerprint density at radius 2 is 1.08 bits per heavy atom. The molecule has 0 aliphatic heterocycles. The molecule has 0 aliphatic rings. The van der Waals surface area contributed by atoms with Gasteiger partial charge in [0, 0.05) is 28.3 Å². The normalized spacial score (nSPS) is 10.8. The zero-order valence-electron chi connectivity index (χ0n) is 13.1. The topological polar surface area (TPSA) is 107 Å². The molecule has 2 heterocycles. The van der Waals surface area contributed by atoms with Gasteiger partial charge in [-0.15, -0.1) is 0 Å². The first-order valence-electron chi connectivity index (χ1n) is 7.49. The Morgan fingerprint density at radius 1 is 0.692 bits per heavy atom. The molecule has 0 bridgehead atoms. The Morgan fingerprint density at radius 3 is 1.50 bits per heavy atom. The molecule has 2 aromatic heterocycles. The van der Waals surface area contributed by atoms with E-state index in [0.29, 0.717) is 0 Å². The van der Waals surface area contributed by atoms with E-state index in [4.69, 9.17) is 8.83 Å². The van der Waals surface area contributed by atoms with Crippen LogP contribution in [0.2, 0.25) is 0 Å². The summed E-state index contributed by atoms with van der Waals surface area (Å²) >= 11 is 0. The minimum Gasteiger partial charge on any atom is -0.872 e. The first-order chi connectivity index (χ1) is 12.1. The first kappa shape index (κ1) is 17.8. The molecule has 6 nitrogen and oxygen atoms in total. The van der Waals surface area contributed by atoms with Crippen LogP contribution in [0.15, 0.2) is 67.0 Å². The monoisotopic (exact) mass is 397 g/mol. The van der Waals surface area contributed by atoms with Crippen LogP contribution in [-0.4, -0.2) is 0 Å². The Bertz CT molecular complexity index is 1140. The number of hydrogen-bond donors (Lipinski definition) is 0. The first-order valence-corrected chi connectivity index (χ1v) is 7.49. The predicted molar refractivity (Wildman–Crippen MR) is 86.7 cm³/mol. The summed E-state index contributed by atoms with van der Waals surface area (Å²) in [5, 5.41) is 25.5. The van der Waals surface area contributed by atoms with E-state index in [1.165, 1.54) is 24.3 Å². The molecule has 0 saturated heterocycles. The van der Waals surface area contributed by atoms with Gasteiger partial charge in [0.15, 0.2) is 0 Å². The van der Waals surface area contributed by atoms with Gasteiger partial charge in [-0.1, -0.05) is 47.9 Å². The summed E-state index contributed by atoms with van der Waals surface area (Å²) in [5.41, 5.74) is -1.94. The predicted octanol–water partition coefficient (Wildman–Crippen LogP) is 1.63. The average Bonchev–Trinajstić information content (AvgIpc) is 2.61. The van der Waals surface area contributed by atoms with E-state index in [-0.39, 0.29) is 50.1 Å². The minimum atomic E-state index is -0.865. The fourth-order valence-electron chi connectivity index (χ4n) is 2.80. The third-order valence-corrected chi connectivity index (χ3v) is 4.06. The number of benzene rings is 2. The maximum Gasteiger partial charge on any atom is 2.00 e. The third kappa shape index (κ3) is 2.77. The number of rotatable bonds is 2. The van der Waals surface area contributed by atoms with Crippen molar-refractivity contribution < 1.29 is 36.1 Å². The summed E-state index contributed by atoms with van der Waals surface area (Å²) in [6.45, 7) is 0. The summed E-state index contributed by atoms with van der Waals surface area (Å²) in [6, 6.07) is 12.6. The molecular formula is C19H10CuO6. The quantitative estimate of drug-likeness (QED) is 0.376. The SMILES string of the molecule is O=c1oc2ccccc2c([O-])c1Cc1c([O-])c2ccccc2oc1=O.[Cu+2]. The standard InChI is InChI=1S/C19H12O6.Cu/c20-16-10-5-1-3-7-14(10)24-18(22)12(16)9-13-17(21)11-6-2-4-8-15(11)25-19(13)23;/h1-8,20-21H,9H2;/q;+2/p-2. The van der Waals surface area contributed by atoms with E-state index in [1.807, 2.05) is 0 Å². The Labute approximate surface area is 156 Å². The van der Waals surface area contributed by atoms with E-state index >= 15 is 0 Å². The largest absolute Gasteiger partial charge is 2.00 e. The van der Waals surface area contributed by atoms with Crippen molar-refractivity contribution in [3.05, 3.63) is 80.5 Å². The molecule has 2 aromatic carbocycles. The van der Waals surface area contributed by atoms with Crippen LogP contribution in [0.1, 0.15) is 11.1 Å². The molecule has 1 radical (unpaired) electrons. The van der Waals surface area contributed by atoms with Gasteiger partial charge in [0.05, 0.1) is 0 Å². The second-order valence-electron chi connectivity index (χ2n) is 5.56. The van der Waals surface area contributed by atoms with E-state index in [2.05, 4.69) is 0 Å². The van der Waals surface area contributed by atoms with Gasteiger partial charge in [-0.25, -0.2) is 9.59 Å². The Balaban J connectivity index is 0.00000196. The summed E-state index contributed by atoms with van der Waals surface area (Å²) < 4.78 is 10.2. The van der Waals surface area contributed by atoms with Crippen molar-refractivity contribution in [2.24, 2.45) is 0 Å². The number of fused-ring (bicyclic) bond motifs is 2. The zero-order chi connectivity index (χ0) is 17.6. The van der Waals surface area contributed by atoms with Gasteiger partial charge < -0.3 is 19.0 Å². The van der Waals surface area contributed by atoms with Crippen LogP contribution in [0.4, 0.5) is 0 Å². The van der Waals surface area contributed by atoms with Crippen molar-refractivity contribution >= 4 is 21.9 Å². The second-order valence-corrected chi connectivity index (χ2v) is 5.56. The third-order valence-electron chi connectivity index (χ3n) is 4.06. The summed E-state index contributed by atoms with van der Waals surface area (Å²) in [7, 11) is 0. The van der Waals surface area contributed by atoms with Crippen molar-refractivity contribution in [1.29, 1.82) is 0 Å². The van der Waals surface area contributed by atoms with E-state index in [9.17, 15) is 19.8 Å². The van der Waals surface area contributed by atoms with Crippen LogP contribution in [0.25, 0.3) is 21.9 Å². The molecule has 0 atom stereocenters. The van der Waals surface area contributed by atoms with Crippen molar-refractivity contribution in [1.82, 2.24) is 0 Å². The molecule has 0 saturated carbocycles. The fraction of sp³-hybridized carbons (Fsp3) is 0.0526. The number of hydrogen-bond acceptors (Lipinski definition) is 6. The molecule has 0 N–H and O–H groups in total. The van der Waals surface area contributed by atoms with Gasteiger partial charge in [0.2, 0.25) is 0 Å². The Hall–Kier alpha value is -3.02. The van der Waals surface area contributed by atoms with Gasteiger partial charge in [-0.05, 0) is 12.1 Å². The average molecular weight is 398 g/mol. The molecular weight excluding hydrogens is 388 g/mol. The fourth-order valence-corrected chi connectivity index (χ4v) is 2.80. The molecule has 0 fully saturated rings. The summed E-state index contributed by atoms with van der Waals surface area (Å²) in [4.78, 5) is 24.3. The summed E-state index contributed by atoms with van der Waals surface area (Å²) in [5.74, 6) is -1.11. The minimum absolute atomic E-state index is 0. The Kier molecular flexibility index (Phi) is 4.59. The molecule has 133 valence electrons. The van der Waals surface area contributed by atoms with Crippen molar-refractivity contribution in [3.63, 3.8) is 0 Å². The molecule has 4 aromatic rings. The maximum absolute atomic E-state index is 12.5. The van der Waals surface area contributed by atoms with Gasteiger partial charge in [-0.3, -0.25) is 0 Å². The zero-order valence-corrected chi connectivity index (χ0v) is 14.0. The van der Waals surface area contributed by atoms with Gasteiger partial charge in [-0.2, -0.15) is 0 Å². The van der Waals surface area contributed by atoms with Crippen molar-refractivity contribution in [2.75, 3.05) is 0 Å². The second kappa shape index (κ2) is 6.71. The maximum atomic E-state index is 12.5. The van der Waals surface area contributed by atoms with Gasteiger partial charge >= 0.3 is 28.3 Å². The summed E-state index contributed by atoms with van der Waals surface area (Å²) in [6.07, 6.45) is -0.433. The molecule has 0 spiro atoms. The van der Waals surface area contributed by atoms with Crippen LogP contribution in [0, 0.1) is 0 Å². The van der Waals surface area contributed by atoms with Crippen LogP contribution >= 0.6 is 0 Å². The smallest absolute Gasteiger partial charge is 0.872 e.